The minimum absolute atomic E-state index is 0.191. The van der Waals surface area contributed by atoms with Crippen molar-refractivity contribution < 1.29 is 5.11 Å². The Morgan fingerprint density at radius 1 is 1.46 bits per heavy atom. The van der Waals surface area contributed by atoms with E-state index in [2.05, 4.69) is 10.3 Å². The van der Waals surface area contributed by atoms with Crippen LogP contribution in [0, 0.1) is 0 Å². The molecule has 0 aromatic carbocycles. The number of rotatable bonds is 4. The molecule has 13 heavy (non-hydrogen) atoms. The minimum Gasteiger partial charge on any atom is -0.392 e. The van der Waals surface area contributed by atoms with Gasteiger partial charge in [-0.25, -0.2) is 0 Å². The van der Waals surface area contributed by atoms with E-state index in [0.717, 1.165) is 5.69 Å². The van der Waals surface area contributed by atoms with Crippen molar-refractivity contribution in [2.24, 2.45) is 0 Å². The lowest BCUT2D eigenvalue weighted by Crippen LogP contribution is -2.27. The molecule has 0 amide bonds. The molecule has 1 aromatic heterocycles. The van der Waals surface area contributed by atoms with Gasteiger partial charge in [0.15, 0.2) is 0 Å². The summed E-state index contributed by atoms with van der Waals surface area (Å²) in [5.74, 6) is 0. The van der Waals surface area contributed by atoms with Crippen LogP contribution >= 0.6 is 0 Å². The summed E-state index contributed by atoms with van der Waals surface area (Å²) >= 11 is 0. The summed E-state index contributed by atoms with van der Waals surface area (Å²) < 4.78 is 0. The van der Waals surface area contributed by atoms with Crippen LogP contribution in [-0.2, 0) is 0 Å². The van der Waals surface area contributed by atoms with E-state index in [1.807, 2.05) is 25.1 Å². The van der Waals surface area contributed by atoms with Gasteiger partial charge in [0.1, 0.15) is 0 Å². The number of aromatic nitrogens is 1. The standard InChI is InChI=1S/C10H16N2O/c1-8(13)7-12-9(2)10-5-3-4-6-11-10/h3-6,8-9,12-13H,7H2,1-2H3/t8-,9?/m0/s1. The van der Waals surface area contributed by atoms with Crippen molar-refractivity contribution in [3.8, 4) is 0 Å². The van der Waals surface area contributed by atoms with Gasteiger partial charge in [0.2, 0.25) is 0 Å². The molecule has 0 saturated heterocycles. The predicted octanol–water partition coefficient (Wildman–Crippen LogP) is 1.11. The largest absolute Gasteiger partial charge is 0.392 e. The Kier molecular flexibility index (Phi) is 3.86. The fourth-order valence-corrected chi connectivity index (χ4v) is 1.08. The van der Waals surface area contributed by atoms with Crippen molar-refractivity contribution in [2.75, 3.05) is 6.54 Å². The van der Waals surface area contributed by atoms with E-state index in [-0.39, 0.29) is 12.1 Å². The molecule has 3 nitrogen and oxygen atoms in total. The highest BCUT2D eigenvalue weighted by molar-refractivity contribution is 5.07. The first-order valence-electron chi connectivity index (χ1n) is 4.52. The second-order valence-electron chi connectivity index (χ2n) is 3.23. The number of hydrogen-bond donors (Lipinski definition) is 2. The number of nitrogens with one attached hydrogen (secondary N) is 1. The minimum atomic E-state index is -0.314. The van der Waals surface area contributed by atoms with Crippen LogP contribution in [0.1, 0.15) is 25.6 Å². The normalized spacial score (nSPS) is 15.3. The molecule has 1 aromatic rings. The van der Waals surface area contributed by atoms with Gasteiger partial charge < -0.3 is 10.4 Å². The zero-order valence-electron chi connectivity index (χ0n) is 8.07. The topological polar surface area (TPSA) is 45.1 Å². The number of pyridine rings is 1. The Morgan fingerprint density at radius 2 is 2.23 bits per heavy atom. The summed E-state index contributed by atoms with van der Waals surface area (Å²) in [7, 11) is 0. The molecule has 0 aliphatic rings. The Morgan fingerprint density at radius 3 is 2.77 bits per heavy atom. The summed E-state index contributed by atoms with van der Waals surface area (Å²) in [5, 5.41) is 12.3. The van der Waals surface area contributed by atoms with E-state index in [1.54, 1.807) is 13.1 Å². The Balaban J connectivity index is 2.44. The highest BCUT2D eigenvalue weighted by atomic mass is 16.3. The molecular formula is C10H16N2O. The molecule has 2 N–H and O–H groups in total. The molecule has 1 unspecified atom stereocenters. The van der Waals surface area contributed by atoms with Crippen LogP contribution in [0.5, 0.6) is 0 Å². The maximum Gasteiger partial charge on any atom is 0.0636 e. The third-order valence-corrected chi connectivity index (χ3v) is 1.85. The molecule has 0 spiro atoms. The van der Waals surface area contributed by atoms with Crippen molar-refractivity contribution in [3.63, 3.8) is 0 Å². The monoisotopic (exact) mass is 180 g/mol. The van der Waals surface area contributed by atoms with Gasteiger partial charge in [-0.1, -0.05) is 6.07 Å². The number of nitrogens with zero attached hydrogens (tertiary/aromatic N) is 1. The van der Waals surface area contributed by atoms with E-state index in [9.17, 15) is 0 Å². The van der Waals surface area contributed by atoms with Crippen molar-refractivity contribution >= 4 is 0 Å². The summed E-state index contributed by atoms with van der Waals surface area (Å²) in [6.45, 7) is 4.39. The molecule has 0 radical (unpaired) electrons. The molecule has 0 saturated carbocycles. The van der Waals surface area contributed by atoms with Crippen molar-refractivity contribution in [1.82, 2.24) is 10.3 Å². The van der Waals surface area contributed by atoms with Crippen LogP contribution in [0.4, 0.5) is 0 Å². The Bertz CT molecular complexity index is 236. The Labute approximate surface area is 78.8 Å². The van der Waals surface area contributed by atoms with E-state index in [1.165, 1.54) is 0 Å². The van der Waals surface area contributed by atoms with Crippen molar-refractivity contribution in [1.29, 1.82) is 0 Å². The van der Waals surface area contributed by atoms with Gasteiger partial charge in [0.25, 0.3) is 0 Å². The van der Waals surface area contributed by atoms with Crippen LogP contribution in [0.15, 0.2) is 24.4 Å². The lowest BCUT2D eigenvalue weighted by Gasteiger charge is -2.14. The molecule has 0 aliphatic carbocycles. The Hall–Kier alpha value is -0.930. The van der Waals surface area contributed by atoms with E-state index in [4.69, 9.17) is 5.11 Å². The molecule has 0 aliphatic heterocycles. The molecule has 1 heterocycles. The third-order valence-electron chi connectivity index (χ3n) is 1.85. The first-order valence-corrected chi connectivity index (χ1v) is 4.52. The average molecular weight is 180 g/mol. The summed E-state index contributed by atoms with van der Waals surface area (Å²) in [5.41, 5.74) is 1.00. The zero-order valence-corrected chi connectivity index (χ0v) is 8.07. The summed E-state index contributed by atoms with van der Waals surface area (Å²) in [6, 6.07) is 6.02. The molecule has 72 valence electrons. The van der Waals surface area contributed by atoms with Crippen LogP contribution < -0.4 is 5.32 Å². The fraction of sp³-hybridized carbons (Fsp3) is 0.500. The average Bonchev–Trinajstić information content (AvgIpc) is 2.15. The lowest BCUT2D eigenvalue weighted by atomic mass is 10.2. The van der Waals surface area contributed by atoms with Crippen LogP contribution in [0.2, 0.25) is 0 Å². The molecule has 2 atom stereocenters. The first kappa shape index (κ1) is 10.2. The van der Waals surface area contributed by atoms with Gasteiger partial charge in [0.05, 0.1) is 11.8 Å². The zero-order chi connectivity index (χ0) is 9.68. The second kappa shape index (κ2) is 4.94. The SMILES string of the molecule is CC(NC[C@H](C)O)c1ccccn1. The number of aliphatic hydroxyl groups excluding tert-OH is 1. The summed E-state index contributed by atoms with van der Waals surface area (Å²) in [4.78, 5) is 4.21. The van der Waals surface area contributed by atoms with Gasteiger partial charge in [-0.05, 0) is 26.0 Å². The van der Waals surface area contributed by atoms with E-state index in [0.29, 0.717) is 6.54 Å². The van der Waals surface area contributed by atoms with E-state index < -0.39 is 0 Å². The highest BCUT2D eigenvalue weighted by Crippen LogP contribution is 2.06. The van der Waals surface area contributed by atoms with Crippen molar-refractivity contribution in [2.45, 2.75) is 26.0 Å². The molecule has 0 fully saturated rings. The van der Waals surface area contributed by atoms with Gasteiger partial charge in [-0.15, -0.1) is 0 Å². The van der Waals surface area contributed by atoms with Crippen LogP contribution in [0.25, 0.3) is 0 Å². The molecule has 0 bridgehead atoms. The third kappa shape index (κ3) is 3.53. The smallest absolute Gasteiger partial charge is 0.0636 e. The maximum atomic E-state index is 9.07. The quantitative estimate of drug-likeness (QED) is 0.729. The van der Waals surface area contributed by atoms with E-state index >= 15 is 0 Å². The van der Waals surface area contributed by atoms with Crippen LogP contribution in [0.3, 0.4) is 0 Å². The maximum absolute atomic E-state index is 9.07. The molecule has 3 heteroatoms. The highest BCUT2D eigenvalue weighted by Gasteiger charge is 2.05. The van der Waals surface area contributed by atoms with Gasteiger partial charge >= 0.3 is 0 Å². The van der Waals surface area contributed by atoms with Crippen LogP contribution in [-0.4, -0.2) is 22.7 Å². The summed E-state index contributed by atoms with van der Waals surface area (Å²) in [6.07, 6.45) is 1.46. The van der Waals surface area contributed by atoms with Gasteiger partial charge in [-0.2, -0.15) is 0 Å². The first-order chi connectivity index (χ1) is 6.20. The number of aliphatic hydroxyl groups is 1. The fourth-order valence-electron chi connectivity index (χ4n) is 1.08. The number of hydrogen-bond acceptors (Lipinski definition) is 3. The lowest BCUT2D eigenvalue weighted by molar-refractivity contribution is 0.187. The predicted molar refractivity (Wildman–Crippen MR) is 52.3 cm³/mol. The molecule has 1 rings (SSSR count). The van der Waals surface area contributed by atoms with Crippen molar-refractivity contribution in [3.05, 3.63) is 30.1 Å². The van der Waals surface area contributed by atoms with Gasteiger partial charge in [0, 0.05) is 18.8 Å². The molecular weight excluding hydrogens is 164 g/mol. The van der Waals surface area contributed by atoms with Gasteiger partial charge in [-0.3, -0.25) is 4.98 Å². The second-order valence-corrected chi connectivity index (χ2v) is 3.23.